The highest BCUT2D eigenvalue weighted by Gasteiger charge is 2.07. The second kappa shape index (κ2) is 6.16. The van der Waals surface area contributed by atoms with E-state index in [0.717, 1.165) is 33.5 Å². The zero-order valence-corrected chi connectivity index (χ0v) is 13.7. The van der Waals surface area contributed by atoms with Gasteiger partial charge < -0.3 is 15.3 Å². The highest BCUT2D eigenvalue weighted by molar-refractivity contribution is 5.90. The van der Waals surface area contributed by atoms with Crippen LogP contribution in [0.25, 0.3) is 10.9 Å². The molecule has 0 saturated heterocycles. The lowest BCUT2D eigenvalue weighted by Crippen LogP contribution is -2.09. The van der Waals surface area contributed by atoms with Gasteiger partial charge in [-0.05, 0) is 37.3 Å². The number of benzene rings is 2. The molecule has 0 aliphatic heterocycles. The van der Waals surface area contributed by atoms with Gasteiger partial charge >= 0.3 is 0 Å². The van der Waals surface area contributed by atoms with Crippen molar-refractivity contribution in [3.63, 3.8) is 0 Å². The van der Waals surface area contributed by atoms with Gasteiger partial charge in [0.25, 0.3) is 0 Å². The molecule has 3 aromatic rings. The second-order valence-corrected chi connectivity index (χ2v) is 5.89. The lowest BCUT2D eigenvalue weighted by molar-refractivity contribution is 0.469. The molecule has 2 N–H and O–H groups in total. The Morgan fingerprint density at radius 3 is 2.70 bits per heavy atom. The van der Waals surface area contributed by atoms with Crippen LogP contribution in [0.1, 0.15) is 11.3 Å². The molecular formula is C19H21N3O. The lowest BCUT2D eigenvalue weighted by atomic mass is 10.1. The van der Waals surface area contributed by atoms with Crippen LogP contribution in [0.4, 0.5) is 11.4 Å². The average molecular weight is 307 g/mol. The lowest BCUT2D eigenvalue weighted by Gasteiger charge is -2.16. The van der Waals surface area contributed by atoms with Crippen molar-refractivity contribution in [3.8, 4) is 5.75 Å². The summed E-state index contributed by atoms with van der Waals surface area (Å²) in [5.74, 6) is 0.299. The standard InChI is InChI=1S/C19H21N3O/c1-13-7-8-14-5-4-6-17(19(14)21-13)20-12-15-11-16(22(2)3)9-10-18(15)23/h4-11,20,23H,12H2,1-3H3. The van der Waals surface area contributed by atoms with Crippen molar-refractivity contribution in [2.45, 2.75) is 13.5 Å². The summed E-state index contributed by atoms with van der Waals surface area (Å²) in [4.78, 5) is 6.64. The molecule has 3 rings (SSSR count). The van der Waals surface area contributed by atoms with Crippen LogP contribution in [-0.4, -0.2) is 24.2 Å². The highest BCUT2D eigenvalue weighted by Crippen LogP contribution is 2.26. The number of aromatic nitrogens is 1. The molecule has 118 valence electrons. The maximum Gasteiger partial charge on any atom is 0.120 e. The number of rotatable bonds is 4. The first-order valence-corrected chi connectivity index (χ1v) is 7.64. The van der Waals surface area contributed by atoms with Crippen LogP contribution in [0.2, 0.25) is 0 Å². The van der Waals surface area contributed by atoms with E-state index in [9.17, 15) is 5.11 Å². The van der Waals surface area contributed by atoms with E-state index in [4.69, 9.17) is 0 Å². The van der Waals surface area contributed by atoms with Crippen LogP contribution in [0.5, 0.6) is 5.75 Å². The van der Waals surface area contributed by atoms with Gasteiger partial charge in [0.15, 0.2) is 0 Å². The van der Waals surface area contributed by atoms with Crippen molar-refractivity contribution >= 4 is 22.3 Å². The Morgan fingerprint density at radius 2 is 1.91 bits per heavy atom. The predicted molar refractivity (Wildman–Crippen MR) is 96.2 cm³/mol. The number of phenols is 1. The Kier molecular flexibility index (Phi) is 4.06. The minimum absolute atomic E-state index is 0.299. The van der Waals surface area contributed by atoms with Gasteiger partial charge in [-0.1, -0.05) is 18.2 Å². The molecule has 0 fully saturated rings. The summed E-state index contributed by atoms with van der Waals surface area (Å²) >= 11 is 0. The first-order chi connectivity index (χ1) is 11.0. The number of hydrogen-bond acceptors (Lipinski definition) is 4. The SMILES string of the molecule is Cc1ccc2cccc(NCc3cc(N(C)C)ccc3O)c2n1. The zero-order chi connectivity index (χ0) is 16.4. The fourth-order valence-electron chi connectivity index (χ4n) is 2.57. The van der Waals surface area contributed by atoms with E-state index >= 15 is 0 Å². The number of nitrogens with zero attached hydrogens (tertiary/aromatic N) is 2. The molecule has 0 atom stereocenters. The maximum absolute atomic E-state index is 10.1. The summed E-state index contributed by atoms with van der Waals surface area (Å²) in [5.41, 5.74) is 4.84. The second-order valence-electron chi connectivity index (χ2n) is 5.89. The summed E-state index contributed by atoms with van der Waals surface area (Å²) in [6, 6.07) is 15.8. The Bertz CT molecular complexity index is 843. The van der Waals surface area contributed by atoms with E-state index in [1.165, 1.54) is 0 Å². The van der Waals surface area contributed by atoms with Crippen molar-refractivity contribution in [3.05, 3.63) is 59.8 Å². The third-order valence-corrected chi connectivity index (χ3v) is 3.91. The molecule has 0 bridgehead atoms. The molecule has 0 amide bonds. The third-order valence-electron chi connectivity index (χ3n) is 3.91. The minimum atomic E-state index is 0.299. The van der Waals surface area contributed by atoms with E-state index in [1.807, 2.05) is 56.3 Å². The van der Waals surface area contributed by atoms with Crippen LogP contribution in [0, 0.1) is 6.92 Å². The molecule has 1 aromatic heterocycles. The number of aryl methyl sites for hydroxylation is 1. The number of phenolic OH excluding ortho intramolecular Hbond substituents is 1. The molecular weight excluding hydrogens is 286 g/mol. The van der Waals surface area contributed by atoms with Crippen LogP contribution >= 0.6 is 0 Å². The number of hydrogen-bond donors (Lipinski definition) is 2. The number of fused-ring (bicyclic) bond motifs is 1. The summed E-state index contributed by atoms with van der Waals surface area (Å²) < 4.78 is 0. The van der Waals surface area contributed by atoms with Gasteiger partial charge in [-0.25, -0.2) is 0 Å². The predicted octanol–water partition coefficient (Wildman–Crippen LogP) is 3.93. The zero-order valence-electron chi connectivity index (χ0n) is 13.7. The van der Waals surface area contributed by atoms with Crippen molar-refractivity contribution in [1.29, 1.82) is 0 Å². The topological polar surface area (TPSA) is 48.4 Å². The van der Waals surface area contributed by atoms with Crippen LogP contribution in [0.15, 0.2) is 48.5 Å². The molecule has 4 heteroatoms. The van der Waals surface area contributed by atoms with Gasteiger partial charge in [0.2, 0.25) is 0 Å². The van der Waals surface area contributed by atoms with Crippen LogP contribution < -0.4 is 10.2 Å². The number of para-hydroxylation sites is 1. The van der Waals surface area contributed by atoms with Crippen molar-refractivity contribution < 1.29 is 5.11 Å². The third kappa shape index (κ3) is 3.21. The van der Waals surface area contributed by atoms with Gasteiger partial charge in [-0.15, -0.1) is 0 Å². The van der Waals surface area contributed by atoms with E-state index in [0.29, 0.717) is 12.3 Å². The van der Waals surface area contributed by atoms with Crippen molar-refractivity contribution in [2.75, 3.05) is 24.3 Å². The average Bonchev–Trinajstić information content (AvgIpc) is 2.54. The smallest absolute Gasteiger partial charge is 0.120 e. The van der Waals surface area contributed by atoms with Crippen LogP contribution in [0.3, 0.4) is 0 Å². The first-order valence-electron chi connectivity index (χ1n) is 7.64. The molecule has 4 nitrogen and oxygen atoms in total. The normalized spacial score (nSPS) is 10.7. The van der Waals surface area contributed by atoms with Crippen LogP contribution in [-0.2, 0) is 6.54 Å². The molecule has 0 aliphatic carbocycles. The molecule has 23 heavy (non-hydrogen) atoms. The van der Waals surface area contributed by atoms with Gasteiger partial charge in [0.1, 0.15) is 5.75 Å². The molecule has 0 saturated carbocycles. The van der Waals surface area contributed by atoms with Gasteiger partial charge in [0, 0.05) is 43.0 Å². The quantitative estimate of drug-likeness (QED) is 0.767. The summed E-state index contributed by atoms with van der Waals surface area (Å²) in [6.45, 7) is 2.53. The van der Waals surface area contributed by atoms with Gasteiger partial charge in [0.05, 0.1) is 11.2 Å². The first kappa shape index (κ1) is 15.2. The van der Waals surface area contributed by atoms with Gasteiger partial charge in [-0.3, -0.25) is 4.98 Å². The molecule has 1 heterocycles. The molecule has 0 spiro atoms. The monoisotopic (exact) mass is 307 g/mol. The highest BCUT2D eigenvalue weighted by atomic mass is 16.3. The van der Waals surface area contributed by atoms with E-state index < -0.39 is 0 Å². The molecule has 0 unspecified atom stereocenters. The number of anilines is 2. The summed E-state index contributed by atoms with van der Waals surface area (Å²) in [7, 11) is 3.97. The molecule has 0 radical (unpaired) electrons. The maximum atomic E-state index is 10.1. The van der Waals surface area contributed by atoms with Gasteiger partial charge in [-0.2, -0.15) is 0 Å². The molecule has 2 aromatic carbocycles. The summed E-state index contributed by atoms with van der Waals surface area (Å²) in [5, 5.41) is 14.6. The van der Waals surface area contributed by atoms with E-state index in [1.54, 1.807) is 6.07 Å². The van der Waals surface area contributed by atoms with Crippen molar-refractivity contribution in [2.24, 2.45) is 0 Å². The summed E-state index contributed by atoms with van der Waals surface area (Å²) in [6.07, 6.45) is 0. The Balaban J connectivity index is 1.89. The minimum Gasteiger partial charge on any atom is -0.508 e. The number of nitrogens with one attached hydrogen (secondary N) is 1. The number of pyridine rings is 1. The largest absolute Gasteiger partial charge is 0.508 e. The Hall–Kier alpha value is -2.75. The fraction of sp³-hybridized carbons (Fsp3) is 0.211. The van der Waals surface area contributed by atoms with E-state index in [-0.39, 0.29) is 0 Å². The Morgan fingerprint density at radius 1 is 1.09 bits per heavy atom. The number of aromatic hydroxyl groups is 1. The fourth-order valence-corrected chi connectivity index (χ4v) is 2.57. The van der Waals surface area contributed by atoms with Crippen molar-refractivity contribution in [1.82, 2.24) is 4.98 Å². The van der Waals surface area contributed by atoms with E-state index in [2.05, 4.69) is 22.4 Å². The molecule has 0 aliphatic rings. The Labute approximate surface area is 136 Å².